The van der Waals surface area contributed by atoms with Gasteiger partial charge < -0.3 is 5.32 Å². The quantitative estimate of drug-likeness (QED) is 0.896. The number of hydrogen-bond acceptors (Lipinski definition) is 4. The van der Waals surface area contributed by atoms with Crippen molar-refractivity contribution in [1.29, 1.82) is 0 Å². The van der Waals surface area contributed by atoms with Crippen LogP contribution in [0, 0.1) is 12.3 Å². The van der Waals surface area contributed by atoms with Gasteiger partial charge in [0.05, 0.1) is 6.04 Å². The summed E-state index contributed by atoms with van der Waals surface area (Å²) in [5.41, 5.74) is 1.55. The summed E-state index contributed by atoms with van der Waals surface area (Å²) < 4.78 is 0. The van der Waals surface area contributed by atoms with Gasteiger partial charge in [-0.15, -0.1) is 10.2 Å². The van der Waals surface area contributed by atoms with E-state index in [1.807, 2.05) is 13.0 Å². The Balaban J connectivity index is 2.19. The summed E-state index contributed by atoms with van der Waals surface area (Å²) in [7, 11) is 0. The molecule has 1 unspecified atom stereocenters. The van der Waals surface area contributed by atoms with Gasteiger partial charge in [-0.25, -0.2) is 0 Å². The predicted molar refractivity (Wildman–Crippen MR) is 81.5 cm³/mol. The van der Waals surface area contributed by atoms with Crippen LogP contribution in [0.15, 0.2) is 30.3 Å². The van der Waals surface area contributed by atoms with E-state index in [0.717, 1.165) is 16.6 Å². The number of rotatable bonds is 4. The lowest BCUT2D eigenvalue weighted by Gasteiger charge is -2.27. The molecule has 0 saturated carbocycles. The summed E-state index contributed by atoms with van der Waals surface area (Å²) in [6, 6.07) is 10.8. The molecule has 0 spiro atoms. The van der Waals surface area contributed by atoms with E-state index in [-0.39, 0.29) is 11.5 Å². The topological polar surface area (TPSA) is 37.8 Å². The Kier molecular flexibility index (Phi) is 4.20. The molecule has 102 valence electrons. The molecule has 1 aromatic heterocycles. The maximum Gasteiger partial charge on any atom is 0.206 e. The summed E-state index contributed by atoms with van der Waals surface area (Å²) >= 11 is 1.60. The average molecular weight is 275 g/mol. The molecule has 1 heterocycles. The van der Waals surface area contributed by atoms with Gasteiger partial charge in [0.2, 0.25) is 5.13 Å². The Hall–Kier alpha value is -1.42. The molecule has 1 N–H and O–H groups in total. The van der Waals surface area contributed by atoms with Gasteiger partial charge in [0, 0.05) is 0 Å². The number of benzene rings is 1. The van der Waals surface area contributed by atoms with E-state index >= 15 is 0 Å². The highest BCUT2D eigenvalue weighted by Crippen LogP contribution is 2.32. The van der Waals surface area contributed by atoms with Crippen molar-refractivity contribution in [1.82, 2.24) is 10.2 Å². The normalized spacial score (nSPS) is 13.3. The molecule has 1 atom stereocenters. The van der Waals surface area contributed by atoms with Gasteiger partial charge in [0.25, 0.3) is 0 Å². The van der Waals surface area contributed by atoms with Crippen molar-refractivity contribution in [3.8, 4) is 0 Å². The fourth-order valence-corrected chi connectivity index (χ4v) is 2.70. The van der Waals surface area contributed by atoms with Crippen LogP contribution >= 0.6 is 11.3 Å². The van der Waals surface area contributed by atoms with Gasteiger partial charge >= 0.3 is 0 Å². The molecule has 0 aliphatic heterocycles. The van der Waals surface area contributed by atoms with Crippen LogP contribution in [0.1, 0.15) is 43.8 Å². The lowest BCUT2D eigenvalue weighted by Crippen LogP contribution is -2.18. The second kappa shape index (κ2) is 5.70. The van der Waals surface area contributed by atoms with E-state index in [0.29, 0.717) is 0 Å². The molecular formula is C15H21N3S. The first-order valence-corrected chi connectivity index (χ1v) is 7.37. The number of aryl methyl sites for hydroxylation is 1. The van der Waals surface area contributed by atoms with Crippen molar-refractivity contribution in [2.75, 3.05) is 5.32 Å². The van der Waals surface area contributed by atoms with Gasteiger partial charge in [0.1, 0.15) is 5.01 Å². The van der Waals surface area contributed by atoms with Gasteiger partial charge in [-0.2, -0.15) is 0 Å². The Morgan fingerprint density at radius 2 is 1.84 bits per heavy atom. The van der Waals surface area contributed by atoms with Gasteiger partial charge in [-0.3, -0.25) is 0 Å². The van der Waals surface area contributed by atoms with Crippen LogP contribution < -0.4 is 5.32 Å². The first kappa shape index (κ1) is 14.0. The van der Waals surface area contributed by atoms with Crippen molar-refractivity contribution >= 4 is 16.5 Å². The Labute approximate surface area is 119 Å². The van der Waals surface area contributed by atoms with Crippen LogP contribution in [0.5, 0.6) is 0 Å². The molecule has 2 aromatic rings. The van der Waals surface area contributed by atoms with Crippen LogP contribution in [0.3, 0.4) is 0 Å². The maximum atomic E-state index is 4.17. The Morgan fingerprint density at radius 1 is 1.16 bits per heavy atom. The largest absolute Gasteiger partial charge is 0.353 e. The average Bonchev–Trinajstić information content (AvgIpc) is 2.73. The third-order valence-corrected chi connectivity index (χ3v) is 3.61. The smallest absolute Gasteiger partial charge is 0.206 e. The minimum absolute atomic E-state index is 0.257. The molecule has 19 heavy (non-hydrogen) atoms. The summed E-state index contributed by atoms with van der Waals surface area (Å²) in [6.45, 7) is 8.76. The first-order valence-electron chi connectivity index (χ1n) is 6.56. The highest BCUT2D eigenvalue weighted by Gasteiger charge is 2.21. The third-order valence-electron chi connectivity index (χ3n) is 2.84. The van der Waals surface area contributed by atoms with Crippen LogP contribution in [0.25, 0.3) is 0 Å². The van der Waals surface area contributed by atoms with Crippen molar-refractivity contribution < 1.29 is 0 Å². The molecule has 4 heteroatoms. The predicted octanol–water partition coefficient (Wildman–Crippen LogP) is 4.44. The number of anilines is 1. The minimum Gasteiger partial charge on any atom is -0.353 e. The standard InChI is InChI=1S/C15H21N3S/c1-11-17-18-14(19-11)16-13(10-15(2,3)4)12-8-6-5-7-9-12/h5-9,13H,10H2,1-4H3,(H,16,18). The SMILES string of the molecule is Cc1nnc(NC(CC(C)(C)C)c2ccccc2)s1. The van der Waals surface area contributed by atoms with Gasteiger partial charge in [0.15, 0.2) is 0 Å². The molecule has 2 rings (SSSR count). The molecule has 0 aliphatic rings. The summed E-state index contributed by atoms with van der Waals surface area (Å²) in [5.74, 6) is 0. The number of nitrogens with one attached hydrogen (secondary N) is 1. The molecule has 0 saturated heterocycles. The van der Waals surface area contributed by atoms with Crippen LogP contribution in [-0.4, -0.2) is 10.2 Å². The third kappa shape index (κ3) is 4.31. The Morgan fingerprint density at radius 3 is 2.37 bits per heavy atom. The minimum atomic E-state index is 0.257. The van der Waals surface area contributed by atoms with Crippen LogP contribution in [0.4, 0.5) is 5.13 Å². The molecule has 0 fully saturated rings. The molecule has 0 aliphatic carbocycles. The van der Waals surface area contributed by atoms with Crippen molar-refractivity contribution in [2.24, 2.45) is 5.41 Å². The molecule has 0 radical (unpaired) electrons. The van der Waals surface area contributed by atoms with Crippen LogP contribution in [-0.2, 0) is 0 Å². The summed E-state index contributed by atoms with van der Waals surface area (Å²) in [6.07, 6.45) is 1.05. The highest BCUT2D eigenvalue weighted by atomic mass is 32.1. The lowest BCUT2D eigenvalue weighted by molar-refractivity contribution is 0.352. The monoisotopic (exact) mass is 275 g/mol. The second-order valence-electron chi connectivity index (χ2n) is 6.00. The highest BCUT2D eigenvalue weighted by molar-refractivity contribution is 7.15. The number of aromatic nitrogens is 2. The second-order valence-corrected chi connectivity index (χ2v) is 7.18. The van der Waals surface area contributed by atoms with Gasteiger partial charge in [-0.05, 0) is 24.3 Å². The van der Waals surface area contributed by atoms with E-state index in [2.05, 4.69) is 60.6 Å². The van der Waals surface area contributed by atoms with Crippen molar-refractivity contribution in [2.45, 2.75) is 40.2 Å². The van der Waals surface area contributed by atoms with Crippen molar-refractivity contribution in [3.63, 3.8) is 0 Å². The fraction of sp³-hybridized carbons (Fsp3) is 0.467. The van der Waals surface area contributed by atoms with E-state index < -0.39 is 0 Å². The summed E-state index contributed by atoms with van der Waals surface area (Å²) in [4.78, 5) is 0. The lowest BCUT2D eigenvalue weighted by atomic mass is 9.85. The molecule has 0 amide bonds. The van der Waals surface area contributed by atoms with Gasteiger partial charge in [-0.1, -0.05) is 62.4 Å². The maximum absolute atomic E-state index is 4.17. The van der Waals surface area contributed by atoms with E-state index in [9.17, 15) is 0 Å². The zero-order chi connectivity index (χ0) is 13.9. The van der Waals surface area contributed by atoms with E-state index in [4.69, 9.17) is 0 Å². The molecule has 0 bridgehead atoms. The fourth-order valence-electron chi connectivity index (χ4n) is 2.05. The summed E-state index contributed by atoms with van der Waals surface area (Å²) in [5, 5.41) is 13.6. The van der Waals surface area contributed by atoms with Crippen LogP contribution in [0.2, 0.25) is 0 Å². The zero-order valence-corrected chi connectivity index (χ0v) is 12.8. The first-order chi connectivity index (χ1) is 8.94. The van der Waals surface area contributed by atoms with Crippen molar-refractivity contribution in [3.05, 3.63) is 40.9 Å². The number of nitrogens with zero attached hydrogens (tertiary/aromatic N) is 2. The molecule has 3 nitrogen and oxygen atoms in total. The molecular weight excluding hydrogens is 254 g/mol. The van der Waals surface area contributed by atoms with E-state index in [1.54, 1.807) is 11.3 Å². The zero-order valence-electron chi connectivity index (χ0n) is 12.0. The number of hydrogen-bond donors (Lipinski definition) is 1. The molecule has 1 aromatic carbocycles. The Bertz CT molecular complexity index is 514. The van der Waals surface area contributed by atoms with E-state index in [1.165, 1.54) is 5.56 Å².